The second-order valence-corrected chi connectivity index (χ2v) is 4.07. The summed E-state index contributed by atoms with van der Waals surface area (Å²) >= 11 is 0. The summed E-state index contributed by atoms with van der Waals surface area (Å²) in [6.45, 7) is 6.52. The molecule has 15 heavy (non-hydrogen) atoms. The Kier molecular flexibility index (Phi) is 10.8. The molecule has 0 saturated heterocycles. The lowest BCUT2D eigenvalue weighted by Crippen LogP contribution is -1.76. The van der Waals surface area contributed by atoms with Crippen LogP contribution in [0.1, 0.15) is 64.4 Å². The van der Waals surface area contributed by atoms with E-state index in [9.17, 15) is 0 Å². The average molecular weight is 210 g/mol. The summed E-state index contributed by atoms with van der Waals surface area (Å²) in [7, 11) is 0. The molecule has 0 amide bonds. The minimum absolute atomic E-state index is 1.18. The fourth-order valence-electron chi connectivity index (χ4n) is 1.36. The molecular formula is C14H26O. The third kappa shape index (κ3) is 11.2. The van der Waals surface area contributed by atoms with E-state index in [1.54, 1.807) is 12.5 Å². The zero-order chi connectivity index (χ0) is 11.4. The number of rotatable bonds is 6. The molecule has 0 N–H and O–H groups in total. The summed E-state index contributed by atoms with van der Waals surface area (Å²) in [6.07, 6.45) is 13.3. The molecule has 0 aromatic carbocycles. The van der Waals surface area contributed by atoms with Crippen LogP contribution in [0.2, 0.25) is 0 Å². The lowest BCUT2D eigenvalue weighted by molar-refractivity contribution is 0.565. The number of hydrogen-bond donors (Lipinski definition) is 0. The summed E-state index contributed by atoms with van der Waals surface area (Å²) < 4.78 is 4.71. The maximum Gasteiger partial charge on any atom is 0.0931 e. The monoisotopic (exact) mass is 210 g/mol. The first-order chi connectivity index (χ1) is 7.31. The lowest BCUT2D eigenvalue weighted by atomic mass is 10.1. The van der Waals surface area contributed by atoms with Crippen molar-refractivity contribution < 1.29 is 4.42 Å². The van der Waals surface area contributed by atoms with Gasteiger partial charge < -0.3 is 4.42 Å². The first-order valence-corrected chi connectivity index (χ1v) is 6.30. The van der Waals surface area contributed by atoms with Crippen molar-refractivity contribution in [3.8, 4) is 0 Å². The Hall–Kier alpha value is -0.720. The molecule has 0 atom stereocenters. The molecule has 1 nitrogen and oxygen atoms in total. The van der Waals surface area contributed by atoms with Gasteiger partial charge in [0.2, 0.25) is 0 Å². The number of aryl methyl sites for hydroxylation is 1. The van der Waals surface area contributed by atoms with Crippen molar-refractivity contribution in [2.75, 3.05) is 0 Å². The van der Waals surface area contributed by atoms with Crippen molar-refractivity contribution in [2.45, 2.75) is 65.7 Å². The molecule has 1 heteroatoms. The van der Waals surface area contributed by atoms with Crippen molar-refractivity contribution in [3.63, 3.8) is 0 Å². The second-order valence-electron chi connectivity index (χ2n) is 4.07. The van der Waals surface area contributed by atoms with Gasteiger partial charge in [-0.1, -0.05) is 58.8 Å². The molecule has 1 heterocycles. The fourth-order valence-corrected chi connectivity index (χ4v) is 1.36. The summed E-state index contributed by atoms with van der Waals surface area (Å²) in [5, 5.41) is 0. The minimum atomic E-state index is 1.18. The number of furan rings is 1. The Labute approximate surface area is 94.9 Å². The van der Waals surface area contributed by atoms with E-state index in [2.05, 4.69) is 13.8 Å². The highest BCUT2D eigenvalue weighted by atomic mass is 16.3. The Morgan fingerprint density at radius 2 is 1.47 bits per heavy atom. The van der Waals surface area contributed by atoms with E-state index in [4.69, 9.17) is 4.42 Å². The first kappa shape index (κ1) is 14.3. The van der Waals surface area contributed by atoms with Crippen LogP contribution < -0.4 is 0 Å². The summed E-state index contributed by atoms with van der Waals surface area (Å²) in [4.78, 5) is 0. The Morgan fingerprint density at radius 1 is 0.933 bits per heavy atom. The van der Waals surface area contributed by atoms with Crippen LogP contribution in [0, 0.1) is 6.92 Å². The van der Waals surface area contributed by atoms with Crippen molar-refractivity contribution >= 4 is 0 Å². The maximum absolute atomic E-state index is 4.71. The van der Waals surface area contributed by atoms with Crippen molar-refractivity contribution in [1.29, 1.82) is 0 Å². The molecule has 0 aliphatic rings. The molecule has 0 aliphatic carbocycles. The number of unbranched alkanes of at least 4 members (excludes halogenated alkanes) is 6. The Morgan fingerprint density at radius 3 is 1.73 bits per heavy atom. The highest BCUT2D eigenvalue weighted by Gasteiger charge is 1.85. The van der Waals surface area contributed by atoms with E-state index < -0.39 is 0 Å². The number of hydrogen-bond acceptors (Lipinski definition) is 1. The third-order valence-corrected chi connectivity index (χ3v) is 2.37. The SMILES string of the molecule is CCCCCCCCC.Cc1ccoc1. The van der Waals surface area contributed by atoms with Crippen molar-refractivity contribution in [2.24, 2.45) is 0 Å². The van der Waals surface area contributed by atoms with Gasteiger partial charge in [-0.05, 0) is 18.6 Å². The first-order valence-electron chi connectivity index (χ1n) is 6.30. The van der Waals surface area contributed by atoms with Crippen molar-refractivity contribution in [1.82, 2.24) is 0 Å². The predicted molar refractivity (Wildman–Crippen MR) is 67.1 cm³/mol. The average Bonchev–Trinajstić information content (AvgIpc) is 2.70. The summed E-state index contributed by atoms with van der Waals surface area (Å²) in [5.41, 5.74) is 1.18. The van der Waals surface area contributed by atoms with E-state index in [1.165, 1.54) is 50.5 Å². The quantitative estimate of drug-likeness (QED) is 0.577. The molecular weight excluding hydrogens is 184 g/mol. The molecule has 0 fully saturated rings. The van der Waals surface area contributed by atoms with E-state index >= 15 is 0 Å². The molecule has 0 bridgehead atoms. The van der Waals surface area contributed by atoms with E-state index in [0.29, 0.717) is 0 Å². The van der Waals surface area contributed by atoms with Crippen LogP contribution in [0.3, 0.4) is 0 Å². The minimum Gasteiger partial charge on any atom is -0.472 e. The van der Waals surface area contributed by atoms with Crippen molar-refractivity contribution in [3.05, 3.63) is 24.2 Å². The molecule has 1 rings (SSSR count). The van der Waals surface area contributed by atoms with Gasteiger partial charge in [0, 0.05) is 0 Å². The van der Waals surface area contributed by atoms with E-state index in [1.807, 2.05) is 13.0 Å². The second kappa shape index (κ2) is 11.4. The molecule has 0 radical (unpaired) electrons. The van der Waals surface area contributed by atoms with Gasteiger partial charge in [0.25, 0.3) is 0 Å². The van der Waals surface area contributed by atoms with Gasteiger partial charge in [-0.3, -0.25) is 0 Å². The summed E-state index contributed by atoms with van der Waals surface area (Å²) in [6, 6.07) is 1.92. The van der Waals surface area contributed by atoms with Crippen LogP contribution in [0.25, 0.3) is 0 Å². The highest BCUT2D eigenvalue weighted by molar-refractivity contribution is 5.00. The van der Waals surface area contributed by atoms with Crippen LogP contribution in [-0.2, 0) is 0 Å². The van der Waals surface area contributed by atoms with Gasteiger partial charge in [-0.2, -0.15) is 0 Å². The topological polar surface area (TPSA) is 13.1 Å². The third-order valence-electron chi connectivity index (χ3n) is 2.37. The van der Waals surface area contributed by atoms with Gasteiger partial charge in [0.05, 0.1) is 12.5 Å². The Bertz CT molecular complexity index is 183. The zero-order valence-corrected chi connectivity index (χ0v) is 10.6. The molecule has 0 saturated carbocycles. The molecule has 88 valence electrons. The maximum atomic E-state index is 4.71. The van der Waals surface area contributed by atoms with Crippen LogP contribution in [0.5, 0.6) is 0 Å². The van der Waals surface area contributed by atoms with Gasteiger partial charge in [-0.15, -0.1) is 0 Å². The van der Waals surface area contributed by atoms with Crippen LogP contribution in [-0.4, -0.2) is 0 Å². The van der Waals surface area contributed by atoms with Gasteiger partial charge in [0.15, 0.2) is 0 Å². The molecule has 1 aromatic heterocycles. The predicted octanol–water partition coefficient (Wildman–Crippen LogP) is 5.34. The molecule has 0 spiro atoms. The molecule has 0 unspecified atom stereocenters. The highest BCUT2D eigenvalue weighted by Crippen LogP contribution is 2.05. The van der Waals surface area contributed by atoms with Crippen LogP contribution in [0.15, 0.2) is 23.0 Å². The smallest absolute Gasteiger partial charge is 0.0931 e. The summed E-state index contributed by atoms with van der Waals surface area (Å²) in [5.74, 6) is 0. The van der Waals surface area contributed by atoms with Gasteiger partial charge >= 0.3 is 0 Å². The largest absolute Gasteiger partial charge is 0.472 e. The van der Waals surface area contributed by atoms with Gasteiger partial charge in [0.1, 0.15) is 0 Å². The fraction of sp³-hybridized carbons (Fsp3) is 0.714. The van der Waals surface area contributed by atoms with E-state index in [0.717, 1.165) is 0 Å². The molecule has 0 aliphatic heterocycles. The Balaban J connectivity index is 0.000000280. The lowest BCUT2D eigenvalue weighted by Gasteiger charge is -1.96. The van der Waals surface area contributed by atoms with Gasteiger partial charge in [-0.25, -0.2) is 0 Å². The molecule has 1 aromatic rings. The zero-order valence-electron chi connectivity index (χ0n) is 10.6. The standard InChI is InChI=1S/C9H20.C5H6O/c1-3-5-7-9-8-6-4-2;1-5-2-3-6-4-5/h3-9H2,1-2H3;2-4H,1H3. The van der Waals surface area contributed by atoms with Crippen LogP contribution >= 0.6 is 0 Å². The van der Waals surface area contributed by atoms with Crippen LogP contribution in [0.4, 0.5) is 0 Å². The van der Waals surface area contributed by atoms with E-state index in [-0.39, 0.29) is 0 Å². The normalized spacial score (nSPS) is 9.53.